The summed E-state index contributed by atoms with van der Waals surface area (Å²) in [6, 6.07) is 0. The van der Waals surface area contributed by atoms with Gasteiger partial charge in [-0.2, -0.15) is 0 Å². The zero-order valence-electron chi connectivity index (χ0n) is 54.1. The Kier molecular flexibility index (Phi) is 67.1. The molecule has 1 unspecified atom stereocenters. The van der Waals surface area contributed by atoms with Gasteiger partial charge in [-0.3, -0.25) is 14.4 Å². The molecule has 0 amide bonds. The van der Waals surface area contributed by atoms with Gasteiger partial charge in [0, 0.05) is 19.3 Å². The second-order valence-electron chi connectivity index (χ2n) is 24.5. The molecule has 1 atom stereocenters. The SMILES string of the molecule is CCCCCC/C=C\CCCCCCCC(=O)OCC(COC(=O)CCCCCCCCCCCCCCCCCCCCCCC/C=C\C/C=C\CCCCCCC)OC(=O)CCCCCCCCCCCCCCCCCC. The van der Waals surface area contributed by atoms with Crippen LogP contribution in [-0.2, 0) is 28.6 Å². The molecule has 0 aromatic carbocycles. The summed E-state index contributed by atoms with van der Waals surface area (Å²) in [6.45, 7) is 6.68. The van der Waals surface area contributed by atoms with Gasteiger partial charge in [0.05, 0.1) is 0 Å². The molecule has 0 N–H and O–H groups in total. The first-order valence-electron chi connectivity index (χ1n) is 36.0. The van der Waals surface area contributed by atoms with Crippen LogP contribution in [0.2, 0.25) is 0 Å². The first-order valence-corrected chi connectivity index (χ1v) is 36.0. The standard InChI is InChI=1S/C74H138O6/c1-4-7-10-13-16-19-22-25-27-29-30-31-32-33-34-35-36-37-38-39-40-41-42-43-44-45-47-49-52-55-58-61-64-67-73(76)79-70-71(69-78-72(75)66-63-60-57-54-51-48-24-21-18-15-12-9-6-3)80-74(77)68-65-62-59-56-53-50-46-28-26-23-20-17-14-11-8-5-2/h21-22,24-25,29-30,71H,4-20,23,26-28,31-70H2,1-3H3/b24-21-,25-22-,30-29-. The number of hydrogen-bond donors (Lipinski definition) is 0. The Morgan fingerprint density at radius 2 is 0.450 bits per heavy atom. The van der Waals surface area contributed by atoms with Crippen molar-refractivity contribution in [3.63, 3.8) is 0 Å². The van der Waals surface area contributed by atoms with Crippen molar-refractivity contribution in [1.29, 1.82) is 0 Å². The van der Waals surface area contributed by atoms with Crippen LogP contribution in [0, 0.1) is 0 Å². The summed E-state index contributed by atoms with van der Waals surface area (Å²) in [5.74, 6) is -0.848. The van der Waals surface area contributed by atoms with E-state index in [0.29, 0.717) is 19.3 Å². The zero-order valence-corrected chi connectivity index (χ0v) is 54.1. The number of ether oxygens (including phenoxy) is 3. The van der Waals surface area contributed by atoms with Crippen LogP contribution in [0.1, 0.15) is 400 Å². The van der Waals surface area contributed by atoms with E-state index in [-0.39, 0.29) is 31.1 Å². The average Bonchev–Trinajstić information content (AvgIpc) is 3.46. The molecular formula is C74H138O6. The Balaban J connectivity index is 4.09. The van der Waals surface area contributed by atoms with Crippen molar-refractivity contribution in [2.24, 2.45) is 0 Å². The van der Waals surface area contributed by atoms with Crippen molar-refractivity contribution >= 4 is 17.9 Å². The summed E-state index contributed by atoms with van der Waals surface area (Å²) in [5, 5.41) is 0. The van der Waals surface area contributed by atoms with Crippen molar-refractivity contribution in [3.05, 3.63) is 36.5 Å². The van der Waals surface area contributed by atoms with E-state index in [1.165, 1.54) is 289 Å². The van der Waals surface area contributed by atoms with E-state index in [9.17, 15) is 14.4 Å². The lowest BCUT2D eigenvalue weighted by Crippen LogP contribution is -2.30. The highest BCUT2D eigenvalue weighted by molar-refractivity contribution is 5.71. The number of esters is 3. The van der Waals surface area contributed by atoms with Gasteiger partial charge < -0.3 is 14.2 Å². The first-order chi connectivity index (χ1) is 39.5. The number of carbonyl (C=O) groups excluding carboxylic acids is 3. The molecule has 6 nitrogen and oxygen atoms in total. The van der Waals surface area contributed by atoms with Crippen LogP contribution in [0.3, 0.4) is 0 Å². The van der Waals surface area contributed by atoms with Crippen LogP contribution in [0.25, 0.3) is 0 Å². The van der Waals surface area contributed by atoms with Gasteiger partial charge >= 0.3 is 17.9 Å². The molecule has 0 aromatic heterocycles. The van der Waals surface area contributed by atoms with Gasteiger partial charge in [0.2, 0.25) is 0 Å². The van der Waals surface area contributed by atoms with Gasteiger partial charge in [0.25, 0.3) is 0 Å². The molecule has 0 saturated carbocycles. The molecule has 0 rings (SSSR count). The topological polar surface area (TPSA) is 78.9 Å². The Hall–Kier alpha value is -2.37. The van der Waals surface area contributed by atoms with Crippen LogP contribution < -0.4 is 0 Å². The predicted molar refractivity (Wildman–Crippen MR) is 349 cm³/mol. The molecule has 0 aliphatic rings. The van der Waals surface area contributed by atoms with Gasteiger partial charge in [-0.15, -0.1) is 0 Å². The Morgan fingerprint density at radius 3 is 0.713 bits per heavy atom. The summed E-state index contributed by atoms with van der Waals surface area (Å²) in [5.41, 5.74) is 0. The average molecular weight is 1120 g/mol. The summed E-state index contributed by atoms with van der Waals surface area (Å²) in [4.78, 5) is 38.4. The minimum Gasteiger partial charge on any atom is -0.462 e. The van der Waals surface area contributed by atoms with Crippen molar-refractivity contribution < 1.29 is 28.6 Å². The third-order valence-corrected chi connectivity index (χ3v) is 16.4. The highest BCUT2D eigenvalue weighted by atomic mass is 16.6. The number of carbonyl (C=O) groups is 3. The predicted octanol–water partition coefficient (Wildman–Crippen LogP) is 24.7. The fourth-order valence-corrected chi connectivity index (χ4v) is 10.9. The fourth-order valence-electron chi connectivity index (χ4n) is 10.9. The van der Waals surface area contributed by atoms with E-state index in [0.717, 1.165) is 70.6 Å². The number of allylic oxidation sites excluding steroid dienone is 6. The highest BCUT2D eigenvalue weighted by Gasteiger charge is 2.19. The van der Waals surface area contributed by atoms with Crippen molar-refractivity contribution in [1.82, 2.24) is 0 Å². The van der Waals surface area contributed by atoms with E-state index in [2.05, 4.69) is 57.2 Å². The molecule has 0 saturated heterocycles. The van der Waals surface area contributed by atoms with E-state index in [1.54, 1.807) is 0 Å². The van der Waals surface area contributed by atoms with Crippen molar-refractivity contribution in [3.8, 4) is 0 Å². The minimum absolute atomic E-state index is 0.0682. The lowest BCUT2D eigenvalue weighted by Gasteiger charge is -2.18. The third-order valence-electron chi connectivity index (χ3n) is 16.4. The van der Waals surface area contributed by atoms with Crippen LogP contribution in [0.4, 0.5) is 0 Å². The molecule has 80 heavy (non-hydrogen) atoms. The van der Waals surface area contributed by atoms with Crippen molar-refractivity contribution in [2.45, 2.75) is 406 Å². The quantitative estimate of drug-likeness (QED) is 0.0261. The molecule has 0 aliphatic heterocycles. The van der Waals surface area contributed by atoms with Crippen molar-refractivity contribution in [2.75, 3.05) is 13.2 Å². The summed E-state index contributed by atoms with van der Waals surface area (Å²) >= 11 is 0. The summed E-state index contributed by atoms with van der Waals surface area (Å²) < 4.78 is 17.0. The van der Waals surface area contributed by atoms with E-state index in [4.69, 9.17) is 14.2 Å². The summed E-state index contributed by atoms with van der Waals surface area (Å²) in [6.07, 6.45) is 86.2. The Morgan fingerprint density at radius 1 is 0.250 bits per heavy atom. The van der Waals surface area contributed by atoms with Gasteiger partial charge in [0.15, 0.2) is 6.10 Å². The van der Waals surface area contributed by atoms with Gasteiger partial charge in [-0.05, 0) is 77.0 Å². The first kappa shape index (κ1) is 77.6. The molecule has 0 aliphatic carbocycles. The van der Waals surface area contributed by atoms with Crippen LogP contribution in [-0.4, -0.2) is 37.2 Å². The molecule has 0 heterocycles. The zero-order chi connectivity index (χ0) is 57.8. The molecule has 0 aromatic rings. The molecule has 0 radical (unpaired) electrons. The largest absolute Gasteiger partial charge is 0.462 e. The smallest absolute Gasteiger partial charge is 0.306 e. The Bertz CT molecular complexity index is 1340. The maximum absolute atomic E-state index is 12.9. The molecule has 0 bridgehead atoms. The molecular weight excluding hydrogens is 985 g/mol. The highest BCUT2D eigenvalue weighted by Crippen LogP contribution is 2.19. The second-order valence-corrected chi connectivity index (χ2v) is 24.5. The fraction of sp³-hybridized carbons (Fsp3) is 0.878. The molecule has 0 spiro atoms. The van der Waals surface area contributed by atoms with Crippen LogP contribution in [0.15, 0.2) is 36.5 Å². The normalized spacial score (nSPS) is 12.2. The lowest BCUT2D eigenvalue weighted by molar-refractivity contribution is -0.167. The minimum atomic E-state index is -0.771. The summed E-state index contributed by atoms with van der Waals surface area (Å²) in [7, 11) is 0. The van der Waals surface area contributed by atoms with Crippen LogP contribution >= 0.6 is 0 Å². The number of rotatable bonds is 67. The maximum atomic E-state index is 12.9. The van der Waals surface area contributed by atoms with Gasteiger partial charge in [-0.1, -0.05) is 340 Å². The maximum Gasteiger partial charge on any atom is 0.306 e. The lowest BCUT2D eigenvalue weighted by atomic mass is 10.0. The Labute approximate surface area is 499 Å². The molecule has 470 valence electrons. The van der Waals surface area contributed by atoms with Crippen LogP contribution in [0.5, 0.6) is 0 Å². The van der Waals surface area contributed by atoms with E-state index >= 15 is 0 Å². The third kappa shape index (κ3) is 66.4. The monoisotopic (exact) mass is 1120 g/mol. The van der Waals surface area contributed by atoms with Gasteiger partial charge in [-0.25, -0.2) is 0 Å². The van der Waals surface area contributed by atoms with E-state index in [1.807, 2.05) is 0 Å². The number of hydrogen-bond acceptors (Lipinski definition) is 6. The second kappa shape index (κ2) is 69.1. The van der Waals surface area contributed by atoms with Gasteiger partial charge in [0.1, 0.15) is 13.2 Å². The van der Waals surface area contributed by atoms with E-state index < -0.39 is 6.10 Å². The number of unbranched alkanes of at least 4 members (excludes halogenated alkanes) is 50. The molecule has 6 heteroatoms. The molecule has 0 fully saturated rings.